The third-order valence-electron chi connectivity index (χ3n) is 6.35. The fourth-order valence-corrected chi connectivity index (χ4v) is 4.72. The molecule has 1 unspecified atom stereocenters. The van der Waals surface area contributed by atoms with E-state index in [-0.39, 0.29) is 11.8 Å². The van der Waals surface area contributed by atoms with E-state index in [0.29, 0.717) is 24.4 Å². The fraction of sp³-hybridized carbons (Fsp3) is 0.636. The lowest BCUT2D eigenvalue weighted by Crippen LogP contribution is -2.50. The number of amides is 1. The van der Waals surface area contributed by atoms with E-state index in [4.69, 9.17) is 4.42 Å². The summed E-state index contributed by atoms with van der Waals surface area (Å²) in [4.78, 5) is 23.9. The standard InChI is InChI=1S/C22H32N6O2/c1-17-24-25-21(30-17)16-26(2)22(29)19-4-3-11-28(15-19)20-7-12-27(13-8-20)14-18-5-9-23-10-6-18/h5-6,9-10,19-20H,3-4,7-8,11-16H2,1-2H3. The summed E-state index contributed by atoms with van der Waals surface area (Å²) in [7, 11) is 1.83. The first-order chi connectivity index (χ1) is 14.6. The van der Waals surface area contributed by atoms with Crippen molar-refractivity contribution in [1.29, 1.82) is 0 Å². The van der Waals surface area contributed by atoms with Gasteiger partial charge in [-0.3, -0.25) is 19.6 Å². The number of aryl methyl sites for hydroxylation is 1. The fourth-order valence-electron chi connectivity index (χ4n) is 4.72. The Morgan fingerprint density at radius 2 is 1.93 bits per heavy atom. The second-order valence-electron chi connectivity index (χ2n) is 8.61. The van der Waals surface area contributed by atoms with E-state index < -0.39 is 0 Å². The number of carbonyl (C=O) groups is 1. The summed E-state index contributed by atoms with van der Waals surface area (Å²) >= 11 is 0. The smallest absolute Gasteiger partial charge is 0.235 e. The highest BCUT2D eigenvalue weighted by Gasteiger charge is 2.33. The van der Waals surface area contributed by atoms with Crippen molar-refractivity contribution in [3.63, 3.8) is 0 Å². The normalized spacial score (nSPS) is 21.6. The molecule has 2 fully saturated rings. The van der Waals surface area contributed by atoms with Crippen LogP contribution in [0.15, 0.2) is 28.9 Å². The predicted molar refractivity (Wildman–Crippen MR) is 112 cm³/mol. The van der Waals surface area contributed by atoms with Gasteiger partial charge in [-0.2, -0.15) is 0 Å². The van der Waals surface area contributed by atoms with Gasteiger partial charge >= 0.3 is 0 Å². The summed E-state index contributed by atoms with van der Waals surface area (Å²) in [5.41, 5.74) is 1.33. The molecule has 0 saturated carbocycles. The molecule has 0 N–H and O–H groups in total. The average Bonchev–Trinajstić information content (AvgIpc) is 3.19. The van der Waals surface area contributed by atoms with Crippen LogP contribution in [0, 0.1) is 12.8 Å². The first-order valence-electron chi connectivity index (χ1n) is 11.0. The van der Waals surface area contributed by atoms with Crippen LogP contribution in [0.4, 0.5) is 0 Å². The largest absolute Gasteiger partial charge is 0.424 e. The number of piperidine rings is 2. The van der Waals surface area contributed by atoms with Gasteiger partial charge in [0, 0.05) is 45.5 Å². The van der Waals surface area contributed by atoms with Gasteiger partial charge in [0.1, 0.15) is 0 Å². The van der Waals surface area contributed by atoms with Gasteiger partial charge in [0.15, 0.2) is 0 Å². The minimum Gasteiger partial charge on any atom is -0.424 e. The van der Waals surface area contributed by atoms with Gasteiger partial charge < -0.3 is 9.32 Å². The molecule has 2 aliphatic rings. The monoisotopic (exact) mass is 412 g/mol. The van der Waals surface area contributed by atoms with Gasteiger partial charge in [0.05, 0.1) is 12.5 Å². The molecule has 30 heavy (non-hydrogen) atoms. The van der Waals surface area contributed by atoms with E-state index >= 15 is 0 Å². The van der Waals surface area contributed by atoms with E-state index in [1.165, 1.54) is 18.4 Å². The Kier molecular flexibility index (Phi) is 6.74. The Bertz CT molecular complexity index is 818. The summed E-state index contributed by atoms with van der Waals surface area (Å²) in [5, 5.41) is 7.86. The maximum atomic E-state index is 13.0. The Morgan fingerprint density at radius 1 is 1.17 bits per heavy atom. The summed E-state index contributed by atoms with van der Waals surface area (Å²) in [6.07, 6.45) is 8.12. The third kappa shape index (κ3) is 5.23. The van der Waals surface area contributed by atoms with Crippen molar-refractivity contribution in [2.24, 2.45) is 5.92 Å². The summed E-state index contributed by atoms with van der Waals surface area (Å²) in [6.45, 7) is 7.32. The third-order valence-corrected chi connectivity index (χ3v) is 6.35. The number of aromatic nitrogens is 3. The molecule has 1 amide bonds. The van der Waals surface area contributed by atoms with Crippen LogP contribution < -0.4 is 0 Å². The molecule has 2 aliphatic heterocycles. The van der Waals surface area contributed by atoms with E-state index in [1.54, 1.807) is 11.8 Å². The maximum absolute atomic E-state index is 13.0. The topological polar surface area (TPSA) is 78.6 Å². The second-order valence-corrected chi connectivity index (χ2v) is 8.61. The highest BCUT2D eigenvalue weighted by atomic mass is 16.4. The molecule has 0 aliphatic carbocycles. The molecule has 0 radical (unpaired) electrons. The molecule has 0 spiro atoms. The molecule has 4 heterocycles. The molecule has 162 valence electrons. The molecule has 1 atom stereocenters. The molecule has 2 saturated heterocycles. The Morgan fingerprint density at radius 3 is 2.63 bits per heavy atom. The van der Waals surface area contributed by atoms with Crippen LogP contribution in [0.5, 0.6) is 0 Å². The molecule has 2 aromatic rings. The van der Waals surface area contributed by atoms with Crippen LogP contribution in [0.25, 0.3) is 0 Å². The number of hydrogen-bond acceptors (Lipinski definition) is 7. The van der Waals surface area contributed by atoms with Crippen LogP contribution in [-0.4, -0.2) is 75.1 Å². The van der Waals surface area contributed by atoms with Crippen LogP contribution >= 0.6 is 0 Å². The zero-order valence-electron chi connectivity index (χ0n) is 18.0. The Hall–Kier alpha value is -2.32. The van der Waals surface area contributed by atoms with Crippen molar-refractivity contribution < 1.29 is 9.21 Å². The SMILES string of the molecule is Cc1nnc(CN(C)C(=O)C2CCCN(C3CCN(Cc4ccncc4)CC3)C2)o1. The molecule has 8 heteroatoms. The van der Waals surface area contributed by atoms with Crippen molar-refractivity contribution in [3.8, 4) is 0 Å². The lowest BCUT2D eigenvalue weighted by Gasteiger charge is -2.42. The quantitative estimate of drug-likeness (QED) is 0.719. The van der Waals surface area contributed by atoms with Gasteiger partial charge in [-0.15, -0.1) is 10.2 Å². The highest BCUT2D eigenvalue weighted by molar-refractivity contribution is 5.78. The lowest BCUT2D eigenvalue weighted by molar-refractivity contribution is -0.137. The van der Waals surface area contributed by atoms with Crippen molar-refractivity contribution in [3.05, 3.63) is 41.9 Å². The molecular weight excluding hydrogens is 380 g/mol. The van der Waals surface area contributed by atoms with Gasteiger partial charge in [-0.05, 0) is 63.0 Å². The van der Waals surface area contributed by atoms with Crippen molar-refractivity contribution in [1.82, 2.24) is 29.9 Å². The van der Waals surface area contributed by atoms with Crippen LogP contribution in [-0.2, 0) is 17.9 Å². The molecule has 8 nitrogen and oxygen atoms in total. The first kappa shape index (κ1) is 20.9. The predicted octanol–water partition coefficient (Wildman–Crippen LogP) is 2.11. The zero-order chi connectivity index (χ0) is 20.9. The minimum absolute atomic E-state index is 0.0580. The van der Waals surface area contributed by atoms with Crippen molar-refractivity contribution in [2.45, 2.75) is 51.7 Å². The number of rotatable bonds is 6. The number of likely N-dealkylation sites (tertiary alicyclic amines) is 2. The number of carbonyl (C=O) groups excluding carboxylic acids is 1. The number of hydrogen-bond donors (Lipinski definition) is 0. The average molecular weight is 413 g/mol. The van der Waals surface area contributed by atoms with Crippen LogP contribution in [0.3, 0.4) is 0 Å². The number of nitrogens with zero attached hydrogens (tertiary/aromatic N) is 6. The molecule has 0 bridgehead atoms. The summed E-state index contributed by atoms with van der Waals surface area (Å²) in [6, 6.07) is 4.77. The second kappa shape index (κ2) is 9.66. The number of pyridine rings is 1. The molecule has 2 aromatic heterocycles. The lowest BCUT2D eigenvalue weighted by atomic mass is 9.93. The van der Waals surface area contributed by atoms with E-state index in [1.807, 2.05) is 19.4 Å². The maximum Gasteiger partial charge on any atom is 0.235 e. The van der Waals surface area contributed by atoms with Crippen molar-refractivity contribution in [2.75, 3.05) is 33.2 Å². The molecule has 0 aromatic carbocycles. The van der Waals surface area contributed by atoms with Crippen molar-refractivity contribution >= 4 is 5.91 Å². The van der Waals surface area contributed by atoms with Crippen LogP contribution in [0.1, 0.15) is 43.0 Å². The van der Waals surface area contributed by atoms with Gasteiger partial charge in [0.25, 0.3) is 0 Å². The minimum atomic E-state index is 0.0580. The summed E-state index contributed by atoms with van der Waals surface area (Å²) < 4.78 is 5.43. The Labute approximate surface area is 178 Å². The van der Waals surface area contributed by atoms with Gasteiger partial charge in [-0.25, -0.2) is 0 Å². The van der Waals surface area contributed by atoms with E-state index in [2.05, 4.69) is 37.1 Å². The van der Waals surface area contributed by atoms with Gasteiger partial charge in [0.2, 0.25) is 17.7 Å². The molecule has 4 rings (SSSR count). The Balaban J connectivity index is 1.26. The van der Waals surface area contributed by atoms with E-state index in [9.17, 15) is 4.79 Å². The molecular formula is C22H32N6O2. The summed E-state index contributed by atoms with van der Waals surface area (Å²) in [5.74, 6) is 1.27. The van der Waals surface area contributed by atoms with E-state index in [0.717, 1.165) is 45.6 Å². The highest BCUT2D eigenvalue weighted by Crippen LogP contribution is 2.25. The van der Waals surface area contributed by atoms with Gasteiger partial charge in [-0.1, -0.05) is 0 Å². The zero-order valence-corrected chi connectivity index (χ0v) is 18.0. The van der Waals surface area contributed by atoms with Crippen LogP contribution in [0.2, 0.25) is 0 Å². The first-order valence-corrected chi connectivity index (χ1v) is 11.0.